The van der Waals surface area contributed by atoms with Crippen molar-refractivity contribution in [1.82, 2.24) is 9.78 Å². The summed E-state index contributed by atoms with van der Waals surface area (Å²) in [5.41, 5.74) is 10.3. The number of allylic oxidation sites excluding steroid dienone is 1. The van der Waals surface area contributed by atoms with E-state index in [1.807, 2.05) is 49.6 Å². The highest BCUT2D eigenvalue weighted by molar-refractivity contribution is 7.10. The zero-order chi connectivity index (χ0) is 17.6. The number of aromatic nitrogens is 2. The minimum Gasteiger partial charge on any atom is -0.422 e. The summed E-state index contributed by atoms with van der Waals surface area (Å²) >= 11 is 1.62. The van der Waals surface area contributed by atoms with Gasteiger partial charge in [0.05, 0.1) is 22.9 Å². The summed E-state index contributed by atoms with van der Waals surface area (Å²) in [7, 11) is 0. The molecule has 4 rings (SSSR count). The molecule has 6 heteroatoms. The van der Waals surface area contributed by atoms with E-state index in [9.17, 15) is 5.26 Å². The molecule has 0 spiro atoms. The first kappa shape index (κ1) is 15.5. The van der Waals surface area contributed by atoms with Gasteiger partial charge in [-0.15, -0.1) is 11.3 Å². The van der Waals surface area contributed by atoms with Gasteiger partial charge in [-0.25, -0.2) is 4.68 Å². The van der Waals surface area contributed by atoms with Crippen molar-refractivity contribution in [3.8, 4) is 17.6 Å². The largest absolute Gasteiger partial charge is 0.422 e. The van der Waals surface area contributed by atoms with Crippen LogP contribution in [-0.4, -0.2) is 9.78 Å². The Morgan fingerprint density at radius 2 is 2.00 bits per heavy atom. The molecule has 5 nitrogen and oxygen atoms in total. The van der Waals surface area contributed by atoms with Crippen LogP contribution in [0, 0.1) is 25.2 Å². The molecule has 0 fully saturated rings. The van der Waals surface area contributed by atoms with Gasteiger partial charge in [0.15, 0.2) is 0 Å². The molecule has 0 saturated carbocycles. The fourth-order valence-corrected chi connectivity index (χ4v) is 4.25. The second kappa shape index (κ2) is 5.80. The molecule has 124 valence electrons. The number of hydrogen-bond donors (Lipinski definition) is 1. The molecule has 0 saturated heterocycles. The Bertz CT molecular complexity index is 1020. The van der Waals surface area contributed by atoms with Gasteiger partial charge in [0.25, 0.3) is 0 Å². The van der Waals surface area contributed by atoms with E-state index >= 15 is 0 Å². The first-order chi connectivity index (χ1) is 12.1. The van der Waals surface area contributed by atoms with Gasteiger partial charge in [-0.3, -0.25) is 0 Å². The van der Waals surface area contributed by atoms with Crippen molar-refractivity contribution < 1.29 is 4.74 Å². The summed E-state index contributed by atoms with van der Waals surface area (Å²) in [4.78, 5) is 1.10. The van der Waals surface area contributed by atoms with Crippen molar-refractivity contribution in [3.05, 3.63) is 74.9 Å². The maximum Gasteiger partial charge on any atom is 0.229 e. The van der Waals surface area contributed by atoms with Crippen LogP contribution in [0.15, 0.2) is 53.2 Å². The van der Waals surface area contributed by atoms with Crippen molar-refractivity contribution in [2.24, 2.45) is 5.73 Å². The molecular formula is C19H16N4OS. The lowest BCUT2D eigenvalue weighted by Gasteiger charge is -2.24. The zero-order valence-electron chi connectivity index (χ0n) is 13.9. The van der Waals surface area contributed by atoms with E-state index in [0.717, 1.165) is 27.4 Å². The number of hydrogen-bond acceptors (Lipinski definition) is 5. The third-order valence-corrected chi connectivity index (χ3v) is 5.48. The average Bonchev–Trinajstić information content (AvgIpc) is 3.18. The number of aryl methyl sites for hydroxylation is 2. The molecule has 25 heavy (non-hydrogen) atoms. The minimum absolute atomic E-state index is 0.143. The zero-order valence-corrected chi connectivity index (χ0v) is 14.7. The summed E-state index contributed by atoms with van der Waals surface area (Å²) in [5.74, 6) is 0.481. The molecular weight excluding hydrogens is 332 g/mol. The fraction of sp³-hybridized carbons (Fsp3) is 0.158. The number of benzene rings is 1. The maximum atomic E-state index is 9.67. The summed E-state index contributed by atoms with van der Waals surface area (Å²) in [6.45, 7) is 3.98. The Balaban J connectivity index is 1.98. The van der Waals surface area contributed by atoms with E-state index in [1.165, 1.54) is 0 Å². The summed E-state index contributed by atoms with van der Waals surface area (Å²) in [6, 6.07) is 14.1. The second-order valence-electron chi connectivity index (χ2n) is 5.94. The van der Waals surface area contributed by atoms with Crippen LogP contribution >= 0.6 is 11.3 Å². The average molecular weight is 348 g/mol. The van der Waals surface area contributed by atoms with Crippen molar-refractivity contribution in [2.75, 3.05) is 0 Å². The van der Waals surface area contributed by atoms with Crippen LogP contribution in [0.4, 0.5) is 0 Å². The van der Waals surface area contributed by atoms with Crippen molar-refractivity contribution in [1.29, 1.82) is 5.26 Å². The molecule has 3 aromatic rings. The van der Waals surface area contributed by atoms with Gasteiger partial charge < -0.3 is 10.5 Å². The lowest BCUT2D eigenvalue weighted by atomic mass is 9.87. The van der Waals surface area contributed by atoms with E-state index in [0.29, 0.717) is 11.5 Å². The van der Waals surface area contributed by atoms with Crippen molar-refractivity contribution in [2.45, 2.75) is 19.8 Å². The molecule has 1 unspecified atom stereocenters. The molecule has 1 aliphatic heterocycles. The smallest absolute Gasteiger partial charge is 0.229 e. The molecule has 1 atom stereocenters. The Labute approximate surface area is 149 Å². The highest BCUT2D eigenvalue weighted by Gasteiger charge is 2.37. The summed E-state index contributed by atoms with van der Waals surface area (Å²) in [6.07, 6.45) is 0. The number of para-hydroxylation sites is 1. The van der Waals surface area contributed by atoms with Gasteiger partial charge in [-0.1, -0.05) is 18.2 Å². The number of rotatable bonds is 2. The quantitative estimate of drug-likeness (QED) is 0.765. The number of fused-ring (bicyclic) bond motifs is 1. The lowest BCUT2D eigenvalue weighted by Crippen LogP contribution is -2.22. The Kier molecular flexibility index (Phi) is 3.59. The van der Waals surface area contributed by atoms with E-state index in [1.54, 1.807) is 16.0 Å². The number of thiophene rings is 1. The van der Waals surface area contributed by atoms with Crippen LogP contribution in [0.25, 0.3) is 5.69 Å². The van der Waals surface area contributed by atoms with Gasteiger partial charge in [0, 0.05) is 4.88 Å². The van der Waals surface area contributed by atoms with Crippen LogP contribution in [0.2, 0.25) is 0 Å². The molecule has 1 aliphatic rings. The molecule has 3 heterocycles. The lowest BCUT2D eigenvalue weighted by molar-refractivity contribution is 0.367. The monoisotopic (exact) mass is 348 g/mol. The van der Waals surface area contributed by atoms with Crippen LogP contribution in [-0.2, 0) is 0 Å². The Hall–Kier alpha value is -3.04. The molecule has 2 aromatic heterocycles. The maximum absolute atomic E-state index is 9.67. The van der Waals surface area contributed by atoms with Gasteiger partial charge in [-0.05, 0) is 43.0 Å². The third kappa shape index (κ3) is 2.32. The van der Waals surface area contributed by atoms with Crippen molar-refractivity contribution >= 4 is 11.3 Å². The van der Waals surface area contributed by atoms with E-state index in [4.69, 9.17) is 10.5 Å². The highest BCUT2D eigenvalue weighted by atomic mass is 32.1. The first-order valence-electron chi connectivity index (χ1n) is 7.88. The number of ether oxygens (including phenoxy) is 1. The normalized spacial score (nSPS) is 16.3. The molecule has 0 aliphatic carbocycles. The highest BCUT2D eigenvalue weighted by Crippen LogP contribution is 2.46. The van der Waals surface area contributed by atoms with Crippen molar-refractivity contribution in [3.63, 3.8) is 0 Å². The molecule has 1 aromatic carbocycles. The van der Waals surface area contributed by atoms with Crippen LogP contribution < -0.4 is 10.5 Å². The van der Waals surface area contributed by atoms with E-state index < -0.39 is 0 Å². The SMILES string of the molecule is Cc1ccsc1C1C(C#N)=C(N)Oc2c1c(C)nn2-c1ccccc1. The number of nitriles is 1. The molecule has 0 bridgehead atoms. The minimum atomic E-state index is -0.244. The van der Waals surface area contributed by atoms with Crippen LogP contribution in [0.1, 0.15) is 27.6 Å². The van der Waals surface area contributed by atoms with E-state index in [2.05, 4.69) is 17.2 Å². The summed E-state index contributed by atoms with van der Waals surface area (Å²) < 4.78 is 7.60. The van der Waals surface area contributed by atoms with E-state index in [-0.39, 0.29) is 11.8 Å². The number of nitrogens with zero attached hydrogens (tertiary/aromatic N) is 3. The van der Waals surface area contributed by atoms with Crippen LogP contribution in [0.3, 0.4) is 0 Å². The van der Waals surface area contributed by atoms with Gasteiger partial charge in [-0.2, -0.15) is 10.4 Å². The van der Waals surface area contributed by atoms with Gasteiger partial charge >= 0.3 is 0 Å². The van der Waals surface area contributed by atoms with Gasteiger partial charge in [0.2, 0.25) is 11.8 Å². The fourth-order valence-electron chi connectivity index (χ4n) is 3.20. The van der Waals surface area contributed by atoms with Gasteiger partial charge in [0.1, 0.15) is 11.6 Å². The molecule has 0 amide bonds. The first-order valence-corrected chi connectivity index (χ1v) is 8.76. The summed E-state index contributed by atoms with van der Waals surface area (Å²) in [5, 5.41) is 16.4. The topological polar surface area (TPSA) is 76.9 Å². The number of nitrogens with two attached hydrogens (primary N) is 1. The Morgan fingerprint density at radius 1 is 1.24 bits per heavy atom. The molecule has 2 N–H and O–H groups in total. The third-order valence-electron chi connectivity index (χ3n) is 4.40. The second-order valence-corrected chi connectivity index (χ2v) is 6.89. The predicted octanol–water partition coefficient (Wildman–Crippen LogP) is 3.77. The Morgan fingerprint density at radius 3 is 2.64 bits per heavy atom. The van der Waals surface area contributed by atoms with Crippen LogP contribution in [0.5, 0.6) is 5.88 Å². The molecule has 0 radical (unpaired) electrons. The predicted molar refractivity (Wildman–Crippen MR) is 96.7 cm³/mol. The standard InChI is InChI=1S/C19H16N4OS/c1-11-8-9-25-17(11)16-14(10-20)18(21)24-19-15(16)12(2)22-23(19)13-6-4-3-5-7-13/h3-9,16H,21H2,1-2H3.